The lowest BCUT2D eigenvalue weighted by atomic mass is 9.87. The zero-order valence-electron chi connectivity index (χ0n) is 15.5. The van der Waals surface area contributed by atoms with Crippen molar-refractivity contribution in [1.82, 2.24) is 5.32 Å². The molecule has 25 heavy (non-hydrogen) atoms. The molecule has 0 aromatic heterocycles. The number of fused-ring (bicyclic) bond motifs is 1. The molecule has 0 fully saturated rings. The lowest BCUT2D eigenvalue weighted by molar-refractivity contribution is 0.363. The lowest BCUT2D eigenvalue weighted by Crippen LogP contribution is -2.41. The van der Waals surface area contributed by atoms with Gasteiger partial charge in [-0.05, 0) is 73.8 Å². The van der Waals surface area contributed by atoms with Crippen molar-refractivity contribution < 1.29 is 0 Å². The SMILES string of the molecule is CCC(CCCCc1ccccc1)NC1CCc2ccc(N)cc2C1. The molecular formula is C23H32N2. The molecule has 0 aliphatic heterocycles. The first-order chi connectivity index (χ1) is 12.2. The minimum Gasteiger partial charge on any atom is -0.399 e. The van der Waals surface area contributed by atoms with E-state index in [1.165, 1.54) is 61.6 Å². The monoisotopic (exact) mass is 336 g/mol. The second-order valence-electron chi connectivity index (χ2n) is 7.47. The number of nitrogens with two attached hydrogens (primary N) is 1. The molecule has 134 valence electrons. The van der Waals surface area contributed by atoms with Gasteiger partial charge in [0.25, 0.3) is 0 Å². The van der Waals surface area contributed by atoms with Gasteiger partial charge in [-0.25, -0.2) is 0 Å². The predicted molar refractivity (Wildman–Crippen MR) is 108 cm³/mol. The molecule has 0 radical (unpaired) electrons. The summed E-state index contributed by atoms with van der Waals surface area (Å²) in [5, 5.41) is 3.92. The van der Waals surface area contributed by atoms with Crippen LogP contribution in [-0.2, 0) is 19.3 Å². The lowest BCUT2D eigenvalue weighted by Gasteiger charge is -2.30. The van der Waals surface area contributed by atoms with Gasteiger partial charge in [-0.2, -0.15) is 0 Å². The Balaban J connectivity index is 1.43. The van der Waals surface area contributed by atoms with Gasteiger partial charge in [0, 0.05) is 17.8 Å². The highest BCUT2D eigenvalue weighted by molar-refractivity contribution is 5.46. The van der Waals surface area contributed by atoms with Crippen LogP contribution in [0.1, 0.15) is 55.7 Å². The summed E-state index contributed by atoms with van der Waals surface area (Å²) in [6.07, 6.45) is 9.83. The highest BCUT2D eigenvalue weighted by Gasteiger charge is 2.20. The summed E-state index contributed by atoms with van der Waals surface area (Å²) in [6, 6.07) is 18.5. The number of nitrogens with one attached hydrogen (secondary N) is 1. The Morgan fingerprint density at radius 2 is 1.92 bits per heavy atom. The molecule has 1 aliphatic carbocycles. The summed E-state index contributed by atoms with van der Waals surface area (Å²) in [5.41, 5.74) is 11.3. The summed E-state index contributed by atoms with van der Waals surface area (Å²) in [7, 11) is 0. The molecule has 0 saturated carbocycles. The molecule has 2 heteroatoms. The molecule has 3 N–H and O–H groups in total. The van der Waals surface area contributed by atoms with E-state index in [2.05, 4.69) is 54.7 Å². The number of hydrogen-bond acceptors (Lipinski definition) is 2. The molecule has 0 heterocycles. The zero-order valence-corrected chi connectivity index (χ0v) is 15.5. The molecule has 2 aromatic rings. The Kier molecular flexibility index (Phi) is 6.52. The first-order valence-corrected chi connectivity index (χ1v) is 9.92. The van der Waals surface area contributed by atoms with Crippen LogP contribution in [0.25, 0.3) is 0 Å². The zero-order chi connectivity index (χ0) is 17.5. The molecule has 0 saturated heterocycles. The molecule has 3 rings (SSSR count). The van der Waals surface area contributed by atoms with Gasteiger partial charge >= 0.3 is 0 Å². The van der Waals surface area contributed by atoms with Gasteiger partial charge in [-0.15, -0.1) is 0 Å². The average molecular weight is 337 g/mol. The standard InChI is InChI=1S/C23H32N2/c1-2-22(11-7-6-10-18-8-4-3-5-9-18)25-23-15-13-19-12-14-21(24)16-20(19)17-23/h3-5,8-9,12,14,16,22-23,25H,2,6-7,10-11,13,15,17,24H2,1H3. The Hall–Kier alpha value is -1.80. The van der Waals surface area contributed by atoms with Crippen LogP contribution in [0.15, 0.2) is 48.5 Å². The Morgan fingerprint density at radius 1 is 1.08 bits per heavy atom. The maximum Gasteiger partial charge on any atom is 0.0316 e. The van der Waals surface area contributed by atoms with Crippen molar-refractivity contribution in [2.24, 2.45) is 0 Å². The van der Waals surface area contributed by atoms with Crippen LogP contribution in [0.5, 0.6) is 0 Å². The van der Waals surface area contributed by atoms with Crippen LogP contribution < -0.4 is 11.1 Å². The predicted octanol–water partition coefficient (Wildman–Crippen LogP) is 4.91. The van der Waals surface area contributed by atoms with Crippen molar-refractivity contribution in [3.63, 3.8) is 0 Å². The normalized spacial score (nSPS) is 17.9. The number of anilines is 1. The molecule has 1 aliphatic rings. The number of aryl methyl sites for hydroxylation is 2. The second kappa shape index (κ2) is 9.05. The maximum absolute atomic E-state index is 5.96. The first-order valence-electron chi connectivity index (χ1n) is 9.92. The van der Waals surface area contributed by atoms with E-state index in [0.717, 1.165) is 12.1 Å². The van der Waals surface area contributed by atoms with E-state index in [-0.39, 0.29) is 0 Å². The summed E-state index contributed by atoms with van der Waals surface area (Å²) in [5.74, 6) is 0. The third-order valence-corrected chi connectivity index (χ3v) is 5.53. The third-order valence-electron chi connectivity index (χ3n) is 5.53. The summed E-state index contributed by atoms with van der Waals surface area (Å²) >= 11 is 0. The first kappa shape index (κ1) is 18.0. The minimum absolute atomic E-state index is 0.605. The summed E-state index contributed by atoms with van der Waals surface area (Å²) < 4.78 is 0. The fraction of sp³-hybridized carbons (Fsp3) is 0.478. The smallest absolute Gasteiger partial charge is 0.0316 e. The maximum atomic E-state index is 5.96. The quantitative estimate of drug-likeness (QED) is 0.531. The molecule has 2 unspecified atom stereocenters. The van der Waals surface area contributed by atoms with Crippen molar-refractivity contribution in [3.05, 3.63) is 65.2 Å². The van der Waals surface area contributed by atoms with Crippen LogP contribution in [-0.4, -0.2) is 12.1 Å². The molecule has 0 amide bonds. The van der Waals surface area contributed by atoms with E-state index >= 15 is 0 Å². The van der Waals surface area contributed by atoms with Crippen molar-refractivity contribution >= 4 is 5.69 Å². The number of nitrogen functional groups attached to an aromatic ring is 1. The van der Waals surface area contributed by atoms with Crippen LogP contribution in [0.4, 0.5) is 5.69 Å². The second-order valence-corrected chi connectivity index (χ2v) is 7.47. The van der Waals surface area contributed by atoms with E-state index in [1.54, 1.807) is 0 Å². The van der Waals surface area contributed by atoms with E-state index in [1.807, 2.05) is 6.07 Å². The van der Waals surface area contributed by atoms with Crippen LogP contribution in [0, 0.1) is 0 Å². The van der Waals surface area contributed by atoms with E-state index in [4.69, 9.17) is 5.73 Å². The van der Waals surface area contributed by atoms with Gasteiger partial charge < -0.3 is 11.1 Å². The van der Waals surface area contributed by atoms with Gasteiger partial charge in [0.05, 0.1) is 0 Å². The number of rotatable bonds is 8. The van der Waals surface area contributed by atoms with E-state index < -0.39 is 0 Å². The molecule has 0 spiro atoms. The van der Waals surface area contributed by atoms with Gasteiger partial charge in [0.2, 0.25) is 0 Å². The molecule has 0 bridgehead atoms. The third kappa shape index (κ3) is 5.34. The van der Waals surface area contributed by atoms with Crippen LogP contribution >= 0.6 is 0 Å². The molecule has 2 nitrogen and oxygen atoms in total. The highest BCUT2D eigenvalue weighted by atomic mass is 14.9. The van der Waals surface area contributed by atoms with Crippen molar-refractivity contribution in [2.45, 2.75) is 70.4 Å². The topological polar surface area (TPSA) is 38.0 Å². The largest absolute Gasteiger partial charge is 0.399 e. The van der Waals surface area contributed by atoms with E-state index in [0.29, 0.717) is 12.1 Å². The molecule has 2 aromatic carbocycles. The fourth-order valence-corrected chi connectivity index (χ4v) is 4.02. The summed E-state index contributed by atoms with van der Waals surface area (Å²) in [4.78, 5) is 0. The van der Waals surface area contributed by atoms with Gasteiger partial charge in [0.15, 0.2) is 0 Å². The van der Waals surface area contributed by atoms with Gasteiger partial charge in [-0.1, -0.05) is 49.7 Å². The van der Waals surface area contributed by atoms with E-state index in [9.17, 15) is 0 Å². The van der Waals surface area contributed by atoms with Crippen LogP contribution in [0.3, 0.4) is 0 Å². The Morgan fingerprint density at radius 3 is 2.72 bits per heavy atom. The Bertz CT molecular complexity index is 650. The highest BCUT2D eigenvalue weighted by Crippen LogP contribution is 2.24. The molecular weight excluding hydrogens is 304 g/mol. The van der Waals surface area contributed by atoms with Crippen molar-refractivity contribution in [1.29, 1.82) is 0 Å². The Labute approximate surface area is 152 Å². The van der Waals surface area contributed by atoms with Gasteiger partial charge in [-0.3, -0.25) is 0 Å². The van der Waals surface area contributed by atoms with Crippen molar-refractivity contribution in [2.75, 3.05) is 5.73 Å². The minimum atomic E-state index is 0.605. The number of unbranched alkanes of at least 4 members (excludes halogenated alkanes) is 1. The fourth-order valence-electron chi connectivity index (χ4n) is 4.02. The molecule has 2 atom stereocenters. The van der Waals surface area contributed by atoms with Crippen LogP contribution in [0.2, 0.25) is 0 Å². The van der Waals surface area contributed by atoms with Crippen molar-refractivity contribution in [3.8, 4) is 0 Å². The summed E-state index contributed by atoms with van der Waals surface area (Å²) in [6.45, 7) is 2.31. The average Bonchev–Trinajstić information content (AvgIpc) is 2.64. The van der Waals surface area contributed by atoms with Gasteiger partial charge in [0.1, 0.15) is 0 Å². The number of benzene rings is 2. The number of hydrogen-bond donors (Lipinski definition) is 2.